The zero-order valence-electron chi connectivity index (χ0n) is 19.3. The summed E-state index contributed by atoms with van der Waals surface area (Å²) in [4.78, 5) is 21.1. The van der Waals surface area contributed by atoms with Crippen LogP contribution in [0.25, 0.3) is 0 Å². The molecule has 2 aliphatic heterocycles. The Labute approximate surface area is 212 Å². The van der Waals surface area contributed by atoms with E-state index in [4.69, 9.17) is 13.9 Å². The van der Waals surface area contributed by atoms with E-state index < -0.39 is 0 Å². The van der Waals surface area contributed by atoms with E-state index >= 15 is 0 Å². The molecule has 2 fully saturated rings. The fraction of sp³-hybridized carbons (Fsp3) is 0.500. The van der Waals surface area contributed by atoms with Gasteiger partial charge in [0.1, 0.15) is 5.75 Å². The van der Waals surface area contributed by atoms with E-state index in [9.17, 15) is 4.79 Å². The number of carbonyl (C=O) groups is 1. The van der Waals surface area contributed by atoms with Crippen LogP contribution in [0.4, 0.5) is 0 Å². The highest BCUT2D eigenvalue weighted by Gasteiger charge is 2.35. The fourth-order valence-corrected chi connectivity index (χ4v) is 4.53. The number of rotatable bonds is 5. The first kappa shape index (κ1) is 25.4. The van der Waals surface area contributed by atoms with Crippen LogP contribution in [0.15, 0.2) is 52.1 Å². The summed E-state index contributed by atoms with van der Waals surface area (Å²) >= 11 is 0. The highest BCUT2D eigenvalue weighted by atomic mass is 127. The maximum Gasteiger partial charge on any atom is 0.289 e. The van der Waals surface area contributed by atoms with Gasteiger partial charge in [-0.15, -0.1) is 24.0 Å². The summed E-state index contributed by atoms with van der Waals surface area (Å²) in [7, 11) is 3.50. The number of benzene rings is 1. The molecule has 2 aliphatic rings. The summed E-state index contributed by atoms with van der Waals surface area (Å²) in [5.41, 5.74) is 1.27. The Bertz CT molecular complexity index is 903. The van der Waals surface area contributed by atoms with Gasteiger partial charge >= 0.3 is 0 Å². The van der Waals surface area contributed by atoms with Gasteiger partial charge in [0.15, 0.2) is 11.7 Å². The molecule has 33 heavy (non-hydrogen) atoms. The molecule has 0 bridgehead atoms. The summed E-state index contributed by atoms with van der Waals surface area (Å²) < 4.78 is 16.3. The Morgan fingerprint density at radius 2 is 1.76 bits per heavy atom. The molecule has 0 unspecified atom stereocenters. The average Bonchev–Trinajstić information content (AvgIpc) is 3.40. The number of furan rings is 1. The molecule has 8 nitrogen and oxygen atoms in total. The van der Waals surface area contributed by atoms with Crippen LogP contribution in [-0.4, -0.2) is 81.8 Å². The van der Waals surface area contributed by atoms with Crippen LogP contribution in [0.5, 0.6) is 5.75 Å². The van der Waals surface area contributed by atoms with Crippen molar-refractivity contribution in [2.24, 2.45) is 4.99 Å². The van der Waals surface area contributed by atoms with Crippen molar-refractivity contribution < 1.29 is 18.7 Å². The van der Waals surface area contributed by atoms with Gasteiger partial charge in [-0.1, -0.05) is 12.1 Å². The van der Waals surface area contributed by atoms with E-state index in [1.807, 2.05) is 24.1 Å². The molecule has 0 saturated carbocycles. The number of hydrogen-bond donors (Lipinski definition) is 1. The highest BCUT2D eigenvalue weighted by molar-refractivity contribution is 14.0. The van der Waals surface area contributed by atoms with Crippen LogP contribution in [0, 0.1) is 0 Å². The van der Waals surface area contributed by atoms with Gasteiger partial charge in [0.05, 0.1) is 13.4 Å². The van der Waals surface area contributed by atoms with Crippen molar-refractivity contribution in [1.82, 2.24) is 15.1 Å². The molecular formula is C24H33IN4O4. The Morgan fingerprint density at radius 1 is 1.09 bits per heavy atom. The lowest BCUT2D eigenvalue weighted by molar-refractivity contribution is 0.0509. The molecule has 1 aromatic carbocycles. The highest BCUT2D eigenvalue weighted by Crippen LogP contribution is 2.35. The number of ether oxygens (including phenoxy) is 2. The minimum Gasteiger partial charge on any atom is -0.497 e. The summed E-state index contributed by atoms with van der Waals surface area (Å²) in [5, 5.41) is 3.62. The third kappa shape index (κ3) is 5.81. The molecule has 1 amide bonds. The van der Waals surface area contributed by atoms with Crippen LogP contribution in [0.2, 0.25) is 0 Å². The number of aliphatic imine (C=N–C) groups is 1. The average molecular weight is 568 g/mol. The number of piperazine rings is 1. The monoisotopic (exact) mass is 568 g/mol. The molecule has 3 heterocycles. The summed E-state index contributed by atoms with van der Waals surface area (Å²) in [6, 6.07) is 11.8. The molecule has 1 N–H and O–H groups in total. The SMILES string of the molecule is CN=C(NCC1(c2ccc(OC)cc2)CCOCC1)N1CCN(C(=O)c2ccco2)CC1.I. The summed E-state index contributed by atoms with van der Waals surface area (Å²) in [5.74, 6) is 2.07. The number of guanidine groups is 1. The van der Waals surface area contributed by atoms with Crippen LogP contribution in [0.1, 0.15) is 29.0 Å². The number of amides is 1. The Morgan fingerprint density at radius 3 is 2.33 bits per heavy atom. The van der Waals surface area contributed by atoms with Gasteiger partial charge in [0.2, 0.25) is 0 Å². The molecule has 4 rings (SSSR count). The third-order valence-corrected chi connectivity index (χ3v) is 6.55. The number of nitrogens with one attached hydrogen (secondary N) is 1. The van der Waals surface area contributed by atoms with Crippen LogP contribution >= 0.6 is 24.0 Å². The first-order valence-electron chi connectivity index (χ1n) is 11.2. The van der Waals surface area contributed by atoms with E-state index in [-0.39, 0.29) is 35.3 Å². The number of halogens is 1. The van der Waals surface area contributed by atoms with Crippen molar-refractivity contribution >= 4 is 35.8 Å². The molecule has 0 radical (unpaired) electrons. The molecule has 9 heteroatoms. The normalized spacial score (nSPS) is 18.4. The van der Waals surface area contributed by atoms with E-state index in [1.165, 1.54) is 11.8 Å². The van der Waals surface area contributed by atoms with E-state index in [2.05, 4.69) is 27.3 Å². The van der Waals surface area contributed by atoms with Crippen molar-refractivity contribution in [2.75, 3.05) is 60.1 Å². The first-order valence-corrected chi connectivity index (χ1v) is 11.2. The topological polar surface area (TPSA) is 79.5 Å². The molecule has 2 saturated heterocycles. The van der Waals surface area contributed by atoms with E-state index in [0.29, 0.717) is 18.8 Å². The molecule has 0 atom stereocenters. The molecule has 1 aromatic heterocycles. The molecule has 0 aliphatic carbocycles. The number of carbonyl (C=O) groups excluding carboxylic acids is 1. The number of nitrogens with zero attached hydrogens (tertiary/aromatic N) is 3. The standard InChI is InChI=1S/C24H32N4O4.HI/c1-25-23(28-13-11-27(12-14-28)22(29)21-4-3-15-32-21)26-18-24(9-16-31-17-10-24)19-5-7-20(30-2)8-6-19;/h3-8,15H,9-14,16-18H2,1-2H3,(H,25,26);1H. The quantitative estimate of drug-likeness (QED) is 0.340. The summed E-state index contributed by atoms with van der Waals surface area (Å²) in [6.07, 6.45) is 3.44. The van der Waals surface area contributed by atoms with Gasteiger partial charge < -0.3 is 29.0 Å². The van der Waals surface area contributed by atoms with E-state index in [0.717, 1.165) is 57.4 Å². The largest absolute Gasteiger partial charge is 0.497 e. The zero-order chi connectivity index (χ0) is 22.4. The maximum absolute atomic E-state index is 12.5. The van der Waals surface area contributed by atoms with Crippen molar-refractivity contribution in [2.45, 2.75) is 18.3 Å². The van der Waals surface area contributed by atoms with Crippen LogP contribution in [0.3, 0.4) is 0 Å². The van der Waals surface area contributed by atoms with Gasteiger partial charge in [-0.25, -0.2) is 0 Å². The second kappa shape index (κ2) is 11.7. The van der Waals surface area contributed by atoms with Gasteiger partial charge in [0, 0.05) is 58.4 Å². The lowest BCUT2D eigenvalue weighted by atomic mass is 9.74. The Hall–Kier alpha value is -2.27. The van der Waals surface area contributed by atoms with Crippen molar-refractivity contribution in [3.8, 4) is 5.75 Å². The first-order chi connectivity index (χ1) is 15.6. The maximum atomic E-state index is 12.5. The van der Waals surface area contributed by atoms with Gasteiger partial charge in [0.25, 0.3) is 5.91 Å². The zero-order valence-corrected chi connectivity index (χ0v) is 21.6. The molecule has 180 valence electrons. The molecule has 2 aromatic rings. The minimum atomic E-state index is -0.0572. The fourth-order valence-electron chi connectivity index (χ4n) is 4.53. The predicted octanol–water partition coefficient (Wildman–Crippen LogP) is 2.99. The van der Waals surface area contributed by atoms with Crippen molar-refractivity contribution in [3.63, 3.8) is 0 Å². The minimum absolute atomic E-state index is 0. The van der Waals surface area contributed by atoms with Crippen LogP contribution < -0.4 is 10.1 Å². The van der Waals surface area contributed by atoms with E-state index in [1.54, 1.807) is 19.2 Å². The lowest BCUT2D eigenvalue weighted by Crippen LogP contribution is -2.55. The second-order valence-electron chi connectivity index (χ2n) is 8.28. The Kier molecular flexibility index (Phi) is 9.02. The molecular weight excluding hydrogens is 535 g/mol. The summed E-state index contributed by atoms with van der Waals surface area (Å²) in [6.45, 7) is 5.01. The van der Waals surface area contributed by atoms with Crippen LogP contribution in [-0.2, 0) is 10.2 Å². The number of hydrogen-bond acceptors (Lipinski definition) is 5. The third-order valence-electron chi connectivity index (χ3n) is 6.55. The Balaban J connectivity index is 0.00000306. The second-order valence-corrected chi connectivity index (χ2v) is 8.28. The van der Waals surface area contributed by atoms with Gasteiger partial charge in [-0.05, 0) is 42.7 Å². The van der Waals surface area contributed by atoms with Crippen molar-refractivity contribution in [1.29, 1.82) is 0 Å². The molecule has 0 spiro atoms. The lowest BCUT2D eigenvalue weighted by Gasteiger charge is -2.40. The van der Waals surface area contributed by atoms with Gasteiger partial charge in [-0.3, -0.25) is 9.79 Å². The van der Waals surface area contributed by atoms with Gasteiger partial charge in [-0.2, -0.15) is 0 Å². The predicted molar refractivity (Wildman–Crippen MR) is 138 cm³/mol. The van der Waals surface area contributed by atoms with Crippen molar-refractivity contribution in [3.05, 3.63) is 54.0 Å². The smallest absolute Gasteiger partial charge is 0.289 e. The number of methoxy groups -OCH3 is 1.